The Labute approximate surface area is 76.2 Å². The average Bonchev–Trinajstić information content (AvgIpc) is 2.03. The number of rotatable bonds is 2. The third kappa shape index (κ3) is 1.91. The molecular weight excluding hydrogens is 174 g/mol. The molecular formula is C8H11NO2S. The smallest absolute Gasteiger partial charge is 0.121 e. The van der Waals surface area contributed by atoms with E-state index in [-0.39, 0.29) is 12.4 Å². The van der Waals surface area contributed by atoms with Gasteiger partial charge in [0, 0.05) is 10.5 Å². The van der Waals surface area contributed by atoms with Gasteiger partial charge in [-0.2, -0.15) is 0 Å². The van der Waals surface area contributed by atoms with Crippen molar-refractivity contribution < 1.29 is 10.2 Å². The molecule has 1 atom stereocenters. The molecule has 0 radical (unpaired) electrons. The number of phenolic OH excluding ortho intramolecular Hbond substituents is 1. The number of hydrogen-bond acceptors (Lipinski definition) is 4. The second-order valence-electron chi connectivity index (χ2n) is 2.53. The van der Waals surface area contributed by atoms with Gasteiger partial charge >= 0.3 is 0 Å². The molecule has 1 aromatic carbocycles. The van der Waals surface area contributed by atoms with Crippen molar-refractivity contribution in [1.82, 2.24) is 0 Å². The predicted molar refractivity (Wildman–Crippen MR) is 49.4 cm³/mol. The van der Waals surface area contributed by atoms with Gasteiger partial charge in [-0.3, -0.25) is 0 Å². The number of nitrogens with two attached hydrogens (primary N) is 1. The average molecular weight is 185 g/mol. The minimum absolute atomic E-state index is 0.0732. The van der Waals surface area contributed by atoms with Crippen molar-refractivity contribution in [2.45, 2.75) is 10.9 Å². The van der Waals surface area contributed by atoms with Gasteiger partial charge in [0.25, 0.3) is 0 Å². The normalized spacial score (nSPS) is 12.9. The van der Waals surface area contributed by atoms with Crippen LogP contribution in [0.2, 0.25) is 0 Å². The number of aliphatic hydroxyl groups excluding tert-OH is 1. The Hall–Kier alpha value is -0.710. The molecule has 0 amide bonds. The van der Waals surface area contributed by atoms with Gasteiger partial charge in [0.2, 0.25) is 0 Å². The van der Waals surface area contributed by atoms with Crippen LogP contribution in [0.15, 0.2) is 23.1 Å². The Morgan fingerprint density at radius 2 is 2.17 bits per heavy atom. The van der Waals surface area contributed by atoms with Crippen molar-refractivity contribution >= 4 is 12.6 Å². The molecule has 66 valence electrons. The Morgan fingerprint density at radius 1 is 1.50 bits per heavy atom. The lowest BCUT2D eigenvalue weighted by molar-refractivity contribution is 0.265. The highest BCUT2D eigenvalue weighted by Crippen LogP contribution is 2.24. The lowest BCUT2D eigenvalue weighted by Crippen LogP contribution is -2.14. The molecule has 0 spiro atoms. The molecule has 1 aromatic rings. The summed E-state index contributed by atoms with van der Waals surface area (Å²) in [6.07, 6.45) is 0. The van der Waals surface area contributed by atoms with Crippen molar-refractivity contribution in [2.75, 3.05) is 6.61 Å². The van der Waals surface area contributed by atoms with Crippen LogP contribution in [0.3, 0.4) is 0 Å². The van der Waals surface area contributed by atoms with Crippen molar-refractivity contribution in [3.05, 3.63) is 23.8 Å². The summed E-state index contributed by atoms with van der Waals surface area (Å²) in [6.45, 7) is -0.181. The fourth-order valence-electron chi connectivity index (χ4n) is 0.944. The van der Waals surface area contributed by atoms with E-state index in [9.17, 15) is 5.11 Å². The van der Waals surface area contributed by atoms with Crippen molar-refractivity contribution in [1.29, 1.82) is 0 Å². The minimum Gasteiger partial charge on any atom is -0.508 e. The van der Waals surface area contributed by atoms with Crippen molar-refractivity contribution in [3.8, 4) is 5.75 Å². The molecule has 0 bridgehead atoms. The summed E-state index contributed by atoms with van der Waals surface area (Å²) in [5.74, 6) is 0.0732. The quantitative estimate of drug-likeness (QED) is 0.512. The highest BCUT2D eigenvalue weighted by molar-refractivity contribution is 7.80. The number of thiol groups is 1. The summed E-state index contributed by atoms with van der Waals surface area (Å²) in [7, 11) is 0. The molecule has 0 aliphatic rings. The van der Waals surface area contributed by atoms with Gasteiger partial charge in [-0.1, -0.05) is 6.07 Å². The van der Waals surface area contributed by atoms with Crippen molar-refractivity contribution in [3.63, 3.8) is 0 Å². The maximum Gasteiger partial charge on any atom is 0.121 e. The van der Waals surface area contributed by atoms with E-state index in [0.717, 1.165) is 0 Å². The highest BCUT2D eigenvalue weighted by Gasteiger charge is 2.08. The van der Waals surface area contributed by atoms with Gasteiger partial charge in [-0.05, 0) is 12.1 Å². The lowest BCUT2D eigenvalue weighted by atomic mass is 10.1. The van der Waals surface area contributed by atoms with Gasteiger partial charge in [0.15, 0.2) is 0 Å². The second-order valence-corrected chi connectivity index (χ2v) is 3.05. The van der Waals surface area contributed by atoms with E-state index in [4.69, 9.17) is 10.8 Å². The summed E-state index contributed by atoms with van der Waals surface area (Å²) in [4.78, 5) is 0.668. The topological polar surface area (TPSA) is 66.5 Å². The van der Waals surface area contributed by atoms with E-state index in [0.29, 0.717) is 10.5 Å². The van der Waals surface area contributed by atoms with Crippen LogP contribution >= 0.6 is 12.6 Å². The molecule has 4 heteroatoms. The first-order chi connectivity index (χ1) is 5.65. The van der Waals surface area contributed by atoms with Gasteiger partial charge in [0.1, 0.15) is 5.75 Å². The number of benzene rings is 1. The van der Waals surface area contributed by atoms with E-state index in [1.807, 2.05) is 0 Å². The molecule has 0 aliphatic heterocycles. The first kappa shape index (κ1) is 9.38. The Morgan fingerprint density at radius 3 is 2.67 bits per heavy atom. The molecule has 0 fully saturated rings. The maximum atomic E-state index is 9.35. The molecule has 0 heterocycles. The fraction of sp³-hybridized carbons (Fsp3) is 0.250. The van der Waals surface area contributed by atoms with Gasteiger partial charge in [0.05, 0.1) is 12.6 Å². The minimum atomic E-state index is -0.529. The van der Waals surface area contributed by atoms with E-state index in [1.54, 1.807) is 12.1 Å². The predicted octanol–water partition coefficient (Wildman–Crippen LogP) is 0.673. The summed E-state index contributed by atoms with van der Waals surface area (Å²) in [6, 6.07) is 4.33. The van der Waals surface area contributed by atoms with Crippen LogP contribution < -0.4 is 5.73 Å². The fourth-order valence-corrected chi connectivity index (χ4v) is 1.14. The molecule has 0 unspecified atom stereocenters. The molecule has 4 N–H and O–H groups in total. The van der Waals surface area contributed by atoms with Crippen LogP contribution in [-0.2, 0) is 0 Å². The Bertz CT molecular complexity index is 278. The zero-order valence-electron chi connectivity index (χ0n) is 6.44. The van der Waals surface area contributed by atoms with Gasteiger partial charge < -0.3 is 15.9 Å². The Balaban J connectivity index is 3.01. The summed E-state index contributed by atoms with van der Waals surface area (Å²) in [5.41, 5.74) is 6.05. The largest absolute Gasteiger partial charge is 0.508 e. The SMILES string of the molecule is N[C@@H](CO)c1ccc(S)cc1O. The molecule has 0 saturated carbocycles. The molecule has 1 rings (SSSR count). The molecule has 0 aromatic heterocycles. The van der Waals surface area contributed by atoms with Gasteiger partial charge in [-0.15, -0.1) is 12.6 Å². The van der Waals surface area contributed by atoms with Crippen LogP contribution in [0.25, 0.3) is 0 Å². The first-order valence-corrected chi connectivity index (χ1v) is 3.98. The number of hydrogen-bond donors (Lipinski definition) is 4. The number of phenols is 1. The van der Waals surface area contributed by atoms with Crippen LogP contribution in [-0.4, -0.2) is 16.8 Å². The van der Waals surface area contributed by atoms with E-state index >= 15 is 0 Å². The maximum absolute atomic E-state index is 9.35. The van der Waals surface area contributed by atoms with E-state index in [1.165, 1.54) is 6.07 Å². The van der Waals surface area contributed by atoms with Gasteiger partial charge in [-0.25, -0.2) is 0 Å². The summed E-state index contributed by atoms with van der Waals surface area (Å²) in [5, 5.41) is 18.1. The zero-order valence-corrected chi connectivity index (χ0v) is 7.33. The zero-order chi connectivity index (χ0) is 9.14. The number of aliphatic hydroxyl groups is 1. The highest BCUT2D eigenvalue weighted by atomic mass is 32.1. The molecule has 12 heavy (non-hydrogen) atoms. The second kappa shape index (κ2) is 3.80. The molecule has 0 saturated heterocycles. The Kier molecular flexibility index (Phi) is 2.97. The molecule has 3 nitrogen and oxygen atoms in total. The third-order valence-corrected chi connectivity index (χ3v) is 1.89. The van der Waals surface area contributed by atoms with Crippen LogP contribution in [0.4, 0.5) is 0 Å². The summed E-state index contributed by atoms with van der Waals surface area (Å²) < 4.78 is 0. The monoisotopic (exact) mass is 185 g/mol. The third-order valence-electron chi connectivity index (χ3n) is 1.61. The van der Waals surface area contributed by atoms with Crippen LogP contribution in [0.5, 0.6) is 5.75 Å². The standard InChI is InChI=1S/C8H11NO2S/c9-7(4-10)6-2-1-5(12)3-8(6)11/h1-3,7,10-12H,4,9H2/t7-/m0/s1. The van der Waals surface area contributed by atoms with E-state index in [2.05, 4.69) is 12.6 Å². The van der Waals surface area contributed by atoms with Crippen LogP contribution in [0, 0.1) is 0 Å². The lowest BCUT2D eigenvalue weighted by Gasteiger charge is -2.10. The first-order valence-electron chi connectivity index (χ1n) is 3.53. The van der Waals surface area contributed by atoms with Crippen LogP contribution in [0.1, 0.15) is 11.6 Å². The van der Waals surface area contributed by atoms with E-state index < -0.39 is 6.04 Å². The summed E-state index contributed by atoms with van der Waals surface area (Å²) >= 11 is 4.04. The number of aromatic hydroxyl groups is 1. The molecule has 0 aliphatic carbocycles. The van der Waals surface area contributed by atoms with Crippen molar-refractivity contribution in [2.24, 2.45) is 5.73 Å².